The van der Waals surface area contributed by atoms with E-state index in [1.54, 1.807) is 12.4 Å². The Morgan fingerprint density at radius 2 is 2.15 bits per heavy atom. The van der Waals surface area contributed by atoms with Crippen molar-refractivity contribution in [2.45, 2.75) is 32.5 Å². The molecule has 0 spiro atoms. The molecule has 0 bridgehead atoms. The van der Waals surface area contributed by atoms with Gasteiger partial charge in [-0.05, 0) is 26.8 Å². The summed E-state index contributed by atoms with van der Waals surface area (Å²) < 4.78 is 5.84. The second-order valence-corrected chi connectivity index (χ2v) is 5.56. The molecule has 20 heavy (non-hydrogen) atoms. The lowest BCUT2D eigenvalue weighted by atomic mass is 10.1. The lowest BCUT2D eigenvalue weighted by molar-refractivity contribution is -0.131. The maximum Gasteiger partial charge on any atom is 0.328 e. The molecule has 1 saturated heterocycles. The molecule has 1 fully saturated rings. The molecule has 6 nitrogen and oxygen atoms in total. The SMILES string of the molecule is CC1CN(c2ncc(/C=C/C(=O)O)cn2)CC(C)(C)O1. The van der Waals surface area contributed by atoms with Crippen LogP contribution < -0.4 is 4.90 Å². The quantitative estimate of drug-likeness (QED) is 0.845. The summed E-state index contributed by atoms with van der Waals surface area (Å²) in [6.07, 6.45) is 5.90. The number of morpholine rings is 1. The maximum atomic E-state index is 10.4. The number of anilines is 1. The van der Waals surface area contributed by atoms with Crippen molar-refractivity contribution in [3.8, 4) is 0 Å². The molecule has 0 radical (unpaired) electrons. The fraction of sp³-hybridized carbons (Fsp3) is 0.500. The predicted molar refractivity (Wildman–Crippen MR) is 75.5 cm³/mol. The van der Waals surface area contributed by atoms with Gasteiger partial charge < -0.3 is 14.7 Å². The van der Waals surface area contributed by atoms with E-state index in [9.17, 15) is 4.79 Å². The molecule has 2 rings (SSSR count). The Morgan fingerprint density at radius 3 is 2.70 bits per heavy atom. The molecule has 1 aromatic rings. The van der Waals surface area contributed by atoms with Crippen LogP contribution in [-0.2, 0) is 9.53 Å². The summed E-state index contributed by atoms with van der Waals surface area (Å²) in [6, 6.07) is 0. The number of rotatable bonds is 3. The summed E-state index contributed by atoms with van der Waals surface area (Å²) in [7, 11) is 0. The minimum Gasteiger partial charge on any atom is -0.478 e. The highest BCUT2D eigenvalue weighted by Gasteiger charge is 2.32. The zero-order valence-electron chi connectivity index (χ0n) is 11.9. The molecule has 1 unspecified atom stereocenters. The Labute approximate surface area is 118 Å². The van der Waals surface area contributed by atoms with Gasteiger partial charge in [-0.2, -0.15) is 0 Å². The van der Waals surface area contributed by atoms with E-state index >= 15 is 0 Å². The fourth-order valence-corrected chi connectivity index (χ4v) is 2.35. The standard InChI is InChI=1S/C14H19N3O3/c1-10-8-17(9-14(2,3)20-10)13-15-6-11(7-16-13)4-5-12(18)19/h4-7,10H,8-9H2,1-3H3,(H,18,19)/b5-4+. The van der Waals surface area contributed by atoms with Crippen molar-refractivity contribution in [3.05, 3.63) is 24.0 Å². The van der Waals surface area contributed by atoms with Crippen molar-refractivity contribution in [1.82, 2.24) is 9.97 Å². The topological polar surface area (TPSA) is 75.6 Å². The number of carboxylic acid groups (broad SMARTS) is 1. The van der Waals surface area contributed by atoms with Crippen LogP contribution in [0.4, 0.5) is 5.95 Å². The minimum absolute atomic E-state index is 0.119. The van der Waals surface area contributed by atoms with Crippen LogP contribution in [0.3, 0.4) is 0 Å². The molecule has 1 aliphatic heterocycles. The average Bonchev–Trinajstić information content (AvgIpc) is 2.34. The van der Waals surface area contributed by atoms with E-state index in [0.717, 1.165) is 19.2 Å². The van der Waals surface area contributed by atoms with Gasteiger partial charge in [0.15, 0.2) is 0 Å². The number of carboxylic acids is 1. The highest BCUT2D eigenvalue weighted by atomic mass is 16.5. The second kappa shape index (κ2) is 5.58. The van der Waals surface area contributed by atoms with Crippen LogP contribution in [0.25, 0.3) is 6.08 Å². The van der Waals surface area contributed by atoms with Crippen LogP contribution in [0, 0.1) is 0 Å². The van der Waals surface area contributed by atoms with Gasteiger partial charge in [-0.15, -0.1) is 0 Å². The molecule has 1 aliphatic rings. The van der Waals surface area contributed by atoms with Gasteiger partial charge in [0.25, 0.3) is 0 Å². The van der Waals surface area contributed by atoms with Gasteiger partial charge in [0, 0.05) is 37.1 Å². The van der Waals surface area contributed by atoms with Crippen molar-refractivity contribution >= 4 is 18.0 Å². The third-order valence-corrected chi connectivity index (χ3v) is 2.93. The minimum atomic E-state index is -0.988. The first-order valence-corrected chi connectivity index (χ1v) is 6.51. The molecule has 2 heterocycles. The zero-order valence-corrected chi connectivity index (χ0v) is 11.9. The maximum absolute atomic E-state index is 10.4. The second-order valence-electron chi connectivity index (χ2n) is 5.56. The van der Waals surface area contributed by atoms with E-state index in [2.05, 4.69) is 14.9 Å². The van der Waals surface area contributed by atoms with Gasteiger partial charge in [-0.1, -0.05) is 0 Å². The van der Waals surface area contributed by atoms with Gasteiger partial charge in [-0.3, -0.25) is 0 Å². The first-order valence-electron chi connectivity index (χ1n) is 6.51. The predicted octanol–water partition coefficient (Wildman–Crippen LogP) is 1.58. The molecular formula is C14H19N3O3. The Kier molecular flexibility index (Phi) is 4.04. The van der Waals surface area contributed by atoms with Crippen LogP contribution >= 0.6 is 0 Å². The number of ether oxygens (including phenoxy) is 1. The van der Waals surface area contributed by atoms with Gasteiger partial charge >= 0.3 is 5.97 Å². The Morgan fingerprint density at radius 1 is 1.50 bits per heavy atom. The highest BCUT2D eigenvalue weighted by Crippen LogP contribution is 2.23. The van der Waals surface area contributed by atoms with Gasteiger partial charge in [-0.25, -0.2) is 14.8 Å². The van der Waals surface area contributed by atoms with Crippen molar-refractivity contribution in [3.63, 3.8) is 0 Å². The van der Waals surface area contributed by atoms with Gasteiger partial charge in [0.2, 0.25) is 5.95 Å². The molecule has 0 aliphatic carbocycles. The molecule has 0 aromatic carbocycles. The van der Waals surface area contributed by atoms with Crippen LogP contribution in [0.5, 0.6) is 0 Å². The molecule has 1 atom stereocenters. The number of aromatic nitrogens is 2. The number of aliphatic carboxylic acids is 1. The smallest absolute Gasteiger partial charge is 0.328 e. The zero-order chi connectivity index (χ0) is 14.8. The van der Waals surface area contributed by atoms with Crippen LogP contribution in [0.2, 0.25) is 0 Å². The Balaban J connectivity index is 2.11. The number of hydrogen-bond donors (Lipinski definition) is 1. The third kappa shape index (κ3) is 3.77. The number of carbonyl (C=O) groups is 1. The van der Waals surface area contributed by atoms with E-state index in [0.29, 0.717) is 11.5 Å². The van der Waals surface area contributed by atoms with Crippen molar-refractivity contribution in [2.24, 2.45) is 0 Å². The molecule has 1 aromatic heterocycles. The van der Waals surface area contributed by atoms with Crippen LogP contribution in [0.1, 0.15) is 26.3 Å². The van der Waals surface area contributed by atoms with Crippen molar-refractivity contribution < 1.29 is 14.6 Å². The Hall–Kier alpha value is -1.95. The summed E-state index contributed by atoms with van der Waals surface area (Å²) >= 11 is 0. The lowest BCUT2D eigenvalue weighted by Crippen LogP contribution is -2.52. The van der Waals surface area contributed by atoms with Crippen LogP contribution in [0.15, 0.2) is 18.5 Å². The number of hydrogen-bond acceptors (Lipinski definition) is 5. The van der Waals surface area contributed by atoms with Gasteiger partial charge in [0.05, 0.1) is 11.7 Å². The summed E-state index contributed by atoms with van der Waals surface area (Å²) in [6.45, 7) is 7.58. The first-order chi connectivity index (χ1) is 9.35. The van der Waals surface area contributed by atoms with Crippen LogP contribution in [-0.4, -0.2) is 45.8 Å². The summed E-state index contributed by atoms with van der Waals surface area (Å²) in [5.74, 6) is -0.349. The molecule has 6 heteroatoms. The average molecular weight is 277 g/mol. The Bertz CT molecular complexity index is 511. The van der Waals surface area contributed by atoms with E-state index < -0.39 is 5.97 Å². The first kappa shape index (κ1) is 14.5. The van der Waals surface area contributed by atoms with E-state index in [4.69, 9.17) is 9.84 Å². The van der Waals surface area contributed by atoms with Crippen molar-refractivity contribution in [2.75, 3.05) is 18.0 Å². The molecule has 0 amide bonds. The van der Waals surface area contributed by atoms with Crippen molar-refractivity contribution in [1.29, 1.82) is 0 Å². The monoisotopic (exact) mass is 277 g/mol. The normalized spacial score (nSPS) is 22.1. The molecule has 1 N–H and O–H groups in total. The summed E-state index contributed by atoms with van der Waals surface area (Å²) in [5, 5.41) is 8.57. The largest absolute Gasteiger partial charge is 0.478 e. The number of nitrogens with zero attached hydrogens (tertiary/aromatic N) is 3. The van der Waals surface area contributed by atoms with E-state index in [1.165, 1.54) is 6.08 Å². The molecule has 108 valence electrons. The van der Waals surface area contributed by atoms with Gasteiger partial charge in [0.1, 0.15) is 0 Å². The highest BCUT2D eigenvalue weighted by molar-refractivity contribution is 5.85. The fourth-order valence-electron chi connectivity index (χ4n) is 2.35. The third-order valence-electron chi connectivity index (χ3n) is 2.93. The van der Waals surface area contributed by atoms with E-state index in [1.807, 2.05) is 20.8 Å². The van der Waals surface area contributed by atoms with E-state index in [-0.39, 0.29) is 11.7 Å². The molecule has 0 saturated carbocycles. The lowest BCUT2D eigenvalue weighted by Gasteiger charge is -2.41. The molecular weight excluding hydrogens is 258 g/mol. The summed E-state index contributed by atoms with van der Waals surface area (Å²) in [5.41, 5.74) is 0.430. The summed E-state index contributed by atoms with van der Waals surface area (Å²) in [4.78, 5) is 21.1.